The number of rotatable bonds is 2. The summed E-state index contributed by atoms with van der Waals surface area (Å²) in [5.74, 6) is -0.390. The van der Waals surface area contributed by atoms with Crippen LogP contribution in [0.2, 0.25) is 0 Å². The fraction of sp³-hybridized carbons (Fsp3) is 0.692. The fourth-order valence-corrected chi connectivity index (χ4v) is 2.73. The first-order valence-corrected chi connectivity index (χ1v) is 7.23. The maximum absolute atomic E-state index is 12.3. The van der Waals surface area contributed by atoms with Crippen LogP contribution in [0.15, 0.2) is 6.20 Å². The second kappa shape index (κ2) is 5.34. The summed E-state index contributed by atoms with van der Waals surface area (Å²) >= 11 is 0. The Morgan fingerprint density at radius 2 is 1.90 bits per heavy atom. The third-order valence-electron chi connectivity index (χ3n) is 4.29. The van der Waals surface area contributed by atoms with E-state index in [1.165, 1.54) is 10.9 Å². The zero-order valence-corrected chi connectivity index (χ0v) is 12.0. The van der Waals surface area contributed by atoms with E-state index in [4.69, 9.17) is 5.11 Å². The van der Waals surface area contributed by atoms with E-state index in [2.05, 4.69) is 17.2 Å². The van der Waals surface area contributed by atoms with Crippen LogP contribution in [0, 0.1) is 5.92 Å². The topological polar surface area (TPSA) is 91.6 Å². The second-order valence-corrected chi connectivity index (χ2v) is 5.90. The van der Waals surface area contributed by atoms with Crippen molar-refractivity contribution in [3.63, 3.8) is 0 Å². The standard InChI is InChI=1S/C13H19N5O3/c1-9-2-4-16(5-3-9)13(21)17-6-10(7-17)18-8-11(12(19)20)14-15-18/h8-10H,2-7H2,1H3,(H,19,20). The van der Waals surface area contributed by atoms with Gasteiger partial charge in [0.2, 0.25) is 0 Å². The molecule has 0 unspecified atom stereocenters. The van der Waals surface area contributed by atoms with E-state index >= 15 is 0 Å². The normalized spacial score (nSPS) is 20.4. The Kier molecular flexibility index (Phi) is 3.52. The highest BCUT2D eigenvalue weighted by molar-refractivity contribution is 5.84. The zero-order valence-electron chi connectivity index (χ0n) is 12.0. The van der Waals surface area contributed by atoms with E-state index in [-0.39, 0.29) is 17.8 Å². The summed E-state index contributed by atoms with van der Waals surface area (Å²) in [6.07, 6.45) is 3.54. The monoisotopic (exact) mass is 293 g/mol. The number of carboxylic acid groups (broad SMARTS) is 1. The van der Waals surface area contributed by atoms with Crippen LogP contribution >= 0.6 is 0 Å². The van der Waals surface area contributed by atoms with Crippen molar-refractivity contribution < 1.29 is 14.7 Å². The van der Waals surface area contributed by atoms with Crippen LogP contribution in [0.3, 0.4) is 0 Å². The van der Waals surface area contributed by atoms with Gasteiger partial charge in [0.05, 0.1) is 12.2 Å². The Labute approximate surface area is 122 Å². The molecule has 1 aromatic rings. The summed E-state index contributed by atoms with van der Waals surface area (Å²) < 4.78 is 1.53. The van der Waals surface area contributed by atoms with E-state index < -0.39 is 5.97 Å². The third-order valence-corrected chi connectivity index (χ3v) is 4.29. The molecule has 8 heteroatoms. The largest absolute Gasteiger partial charge is 0.476 e. The van der Waals surface area contributed by atoms with Crippen LogP contribution in [0.4, 0.5) is 4.79 Å². The molecule has 2 amide bonds. The van der Waals surface area contributed by atoms with Crippen LogP contribution < -0.4 is 0 Å². The number of carboxylic acids is 1. The average Bonchev–Trinajstić information content (AvgIpc) is 2.87. The molecule has 3 heterocycles. The van der Waals surface area contributed by atoms with E-state index in [0.29, 0.717) is 19.0 Å². The number of carbonyl (C=O) groups is 2. The number of hydrogen-bond acceptors (Lipinski definition) is 4. The lowest BCUT2D eigenvalue weighted by Crippen LogP contribution is -2.56. The lowest BCUT2D eigenvalue weighted by Gasteiger charge is -2.43. The van der Waals surface area contributed by atoms with Gasteiger partial charge >= 0.3 is 12.0 Å². The first-order chi connectivity index (χ1) is 10.0. The van der Waals surface area contributed by atoms with Gasteiger partial charge in [-0.25, -0.2) is 14.3 Å². The predicted octanol–water partition coefficient (Wildman–Crippen LogP) is 0.685. The summed E-state index contributed by atoms with van der Waals surface area (Å²) in [6, 6.07) is 0.106. The molecule has 1 N–H and O–H groups in total. The molecule has 21 heavy (non-hydrogen) atoms. The van der Waals surface area contributed by atoms with Crippen molar-refractivity contribution >= 4 is 12.0 Å². The molecular formula is C13H19N5O3. The molecule has 2 saturated heterocycles. The molecule has 8 nitrogen and oxygen atoms in total. The first kappa shape index (κ1) is 13.8. The van der Waals surface area contributed by atoms with E-state index in [9.17, 15) is 9.59 Å². The van der Waals surface area contributed by atoms with Crippen LogP contribution in [0.1, 0.15) is 36.3 Å². The number of hydrogen-bond donors (Lipinski definition) is 1. The number of aromatic carboxylic acids is 1. The number of urea groups is 1. The molecule has 114 valence electrons. The Morgan fingerprint density at radius 3 is 2.48 bits per heavy atom. The number of likely N-dealkylation sites (tertiary alicyclic amines) is 2. The molecule has 2 fully saturated rings. The zero-order chi connectivity index (χ0) is 15.0. The molecule has 1 aromatic heterocycles. The highest BCUT2D eigenvalue weighted by atomic mass is 16.4. The molecule has 0 saturated carbocycles. The number of piperidine rings is 1. The average molecular weight is 293 g/mol. The van der Waals surface area contributed by atoms with Gasteiger partial charge in [0.25, 0.3) is 0 Å². The minimum absolute atomic E-state index is 0.0262. The molecule has 2 aliphatic rings. The van der Waals surface area contributed by atoms with Gasteiger partial charge in [-0.15, -0.1) is 5.10 Å². The fourth-order valence-electron chi connectivity index (χ4n) is 2.73. The SMILES string of the molecule is CC1CCN(C(=O)N2CC(n3cc(C(=O)O)nn3)C2)CC1. The lowest BCUT2D eigenvalue weighted by molar-refractivity contribution is 0.0688. The van der Waals surface area contributed by atoms with Crippen molar-refractivity contribution in [2.24, 2.45) is 5.92 Å². The van der Waals surface area contributed by atoms with Crippen LogP contribution in [-0.2, 0) is 0 Å². The van der Waals surface area contributed by atoms with E-state index in [1.807, 2.05) is 4.90 Å². The minimum Gasteiger partial charge on any atom is -0.476 e. The van der Waals surface area contributed by atoms with E-state index in [1.54, 1.807) is 4.90 Å². The highest BCUT2D eigenvalue weighted by Crippen LogP contribution is 2.24. The molecule has 0 spiro atoms. The first-order valence-electron chi connectivity index (χ1n) is 7.23. The van der Waals surface area contributed by atoms with Gasteiger partial charge in [-0.05, 0) is 18.8 Å². The molecule has 0 atom stereocenters. The maximum atomic E-state index is 12.3. The predicted molar refractivity (Wildman–Crippen MR) is 73.0 cm³/mol. The van der Waals surface area contributed by atoms with E-state index in [0.717, 1.165) is 25.9 Å². The Hall–Kier alpha value is -2.12. The van der Waals surface area contributed by atoms with Gasteiger partial charge in [0.1, 0.15) is 0 Å². The van der Waals surface area contributed by atoms with Gasteiger partial charge in [0, 0.05) is 26.2 Å². The van der Waals surface area contributed by atoms with Crippen LogP contribution in [0.5, 0.6) is 0 Å². The number of nitrogens with zero attached hydrogens (tertiary/aromatic N) is 5. The summed E-state index contributed by atoms with van der Waals surface area (Å²) in [5, 5.41) is 16.2. The summed E-state index contributed by atoms with van der Waals surface area (Å²) in [5.41, 5.74) is -0.0650. The molecule has 0 bridgehead atoms. The summed E-state index contributed by atoms with van der Waals surface area (Å²) in [6.45, 7) is 4.99. The Morgan fingerprint density at radius 1 is 1.24 bits per heavy atom. The number of aromatic nitrogens is 3. The minimum atomic E-state index is -1.09. The number of carbonyl (C=O) groups excluding carboxylic acids is 1. The van der Waals surface area contributed by atoms with Crippen molar-refractivity contribution in [1.29, 1.82) is 0 Å². The number of amides is 2. The van der Waals surface area contributed by atoms with Crippen molar-refractivity contribution in [1.82, 2.24) is 24.8 Å². The molecular weight excluding hydrogens is 274 g/mol. The van der Waals surface area contributed by atoms with Crippen LogP contribution in [-0.4, -0.2) is 68.1 Å². The second-order valence-electron chi connectivity index (χ2n) is 5.90. The van der Waals surface area contributed by atoms with Gasteiger partial charge in [-0.2, -0.15) is 0 Å². The van der Waals surface area contributed by atoms with Crippen LogP contribution in [0.25, 0.3) is 0 Å². The van der Waals surface area contributed by atoms with Crippen molar-refractivity contribution in [2.75, 3.05) is 26.2 Å². The summed E-state index contributed by atoms with van der Waals surface area (Å²) in [4.78, 5) is 26.7. The molecule has 0 radical (unpaired) electrons. The molecule has 0 aliphatic carbocycles. The van der Waals surface area contributed by atoms with Crippen molar-refractivity contribution in [2.45, 2.75) is 25.8 Å². The highest BCUT2D eigenvalue weighted by Gasteiger charge is 2.36. The molecule has 2 aliphatic heterocycles. The quantitative estimate of drug-likeness (QED) is 0.866. The Balaban J connectivity index is 1.53. The van der Waals surface area contributed by atoms with Gasteiger partial charge in [-0.1, -0.05) is 12.1 Å². The lowest BCUT2D eigenvalue weighted by atomic mass is 9.99. The van der Waals surface area contributed by atoms with Crippen molar-refractivity contribution in [3.8, 4) is 0 Å². The van der Waals surface area contributed by atoms with Gasteiger partial charge < -0.3 is 14.9 Å². The molecule has 3 rings (SSSR count). The van der Waals surface area contributed by atoms with Gasteiger partial charge in [-0.3, -0.25) is 0 Å². The molecule has 0 aromatic carbocycles. The van der Waals surface area contributed by atoms with Crippen molar-refractivity contribution in [3.05, 3.63) is 11.9 Å². The third kappa shape index (κ3) is 2.70. The summed E-state index contributed by atoms with van der Waals surface area (Å²) in [7, 11) is 0. The Bertz CT molecular complexity index is 544. The van der Waals surface area contributed by atoms with Gasteiger partial charge in [0.15, 0.2) is 5.69 Å². The maximum Gasteiger partial charge on any atom is 0.358 e. The smallest absolute Gasteiger partial charge is 0.358 e.